The molecular formula is C24H33N5O19P2. The third-order valence-corrected chi connectivity index (χ3v) is 9.39. The topological polar surface area (TPSA) is 336 Å². The first-order valence-electron chi connectivity index (χ1n) is 14.2. The van der Waals surface area contributed by atoms with Crippen LogP contribution in [-0.2, 0) is 70.1 Å². The first kappa shape index (κ1) is 39.1. The largest absolute Gasteiger partial charge is 0.483 e. The quantitative estimate of drug-likeness (QED) is 0.0869. The fourth-order valence-corrected chi connectivity index (χ4v) is 7.05. The van der Waals surface area contributed by atoms with Crippen molar-refractivity contribution in [3.63, 3.8) is 0 Å². The van der Waals surface area contributed by atoms with E-state index in [2.05, 4.69) is 19.3 Å². The number of nitrogens with zero attached hydrogens (tertiary/aromatic N) is 4. The molecule has 24 nitrogen and oxygen atoms in total. The third-order valence-electron chi connectivity index (χ3n) is 6.79. The van der Waals surface area contributed by atoms with Crippen molar-refractivity contribution in [3.8, 4) is 0 Å². The van der Waals surface area contributed by atoms with E-state index in [9.17, 15) is 48.3 Å². The van der Waals surface area contributed by atoms with Crippen LogP contribution in [0.15, 0.2) is 12.7 Å². The highest BCUT2D eigenvalue weighted by Crippen LogP contribution is 2.61. The highest BCUT2D eigenvalue weighted by atomic mass is 31.3. The average molecular weight is 757 g/mol. The van der Waals surface area contributed by atoms with Gasteiger partial charge in [-0.05, 0) is 0 Å². The Bertz CT molecular complexity index is 1690. The van der Waals surface area contributed by atoms with Gasteiger partial charge in [-0.1, -0.05) is 0 Å². The molecule has 4 rings (SSSR count). The van der Waals surface area contributed by atoms with E-state index in [1.807, 2.05) is 0 Å². The van der Waals surface area contributed by atoms with Crippen LogP contribution in [0.4, 0.5) is 5.82 Å². The second-order valence-electron chi connectivity index (χ2n) is 10.6. The smallest absolute Gasteiger partial charge is 0.463 e. The molecule has 0 bridgehead atoms. The van der Waals surface area contributed by atoms with Crippen LogP contribution in [0.5, 0.6) is 0 Å². The van der Waals surface area contributed by atoms with Crippen molar-refractivity contribution in [3.05, 3.63) is 12.7 Å². The maximum absolute atomic E-state index is 13.0. The Kier molecular flexibility index (Phi) is 12.3. The standard InChI is InChI=1S/C24H33N5O19P2/c1-9(30)40-5-14-18(42-10(2)31)19(43-11(3)32)20(44-12(4)33)24(46-14)47-50(38,39)48-49(36,37)41-6-13-16(34)17(35)23(45-13)29-8-28-15-21(25)26-7-27-22(15)29/h7-8,13-14,16-20,23-24,34-35H,5-6H2,1-4H3,(H,36,37)(H,38,39)(H2,25,26,27)/t13-,14?,16?,17?,18-,19+,20?,23-,24+/m1/s1. The summed E-state index contributed by atoms with van der Waals surface area (Å²) in [6.07, 6.45) is -13.3. The molecule has 2 fully saturated rings. The summed E-state index contributed by atoms with van der Waals surface area (Å²) in [5, 5.41) is 21.1. The summed E-state index contributed by atoms with van der Waals surface area (Å²) in [7, 11) is -11.4. The third kappa shape index (κ3) is 9.56. The van der Waals surface area contributed by atoms with Gasteiger partial charge in [0.15, 0.2) is 36.0 Å². The molecule has 2 aromatic heterocycles. The van der Waals surface area contributed by atoms with Crippen molar-refractivity contribution in [1.82, 2.24) is 19.5 Å². The maximum Gasteiger partial charge on any atom is 0.483 e. The summed E-state index contributed by atoms with van der Waals surface area (Å²) in [6.45, 7) is 2.06. The molecule has 2 aliphatic rings. The Balaban J connectivity index is 1.49. The number of fused-ring (bicyclic) bond motifs is 1. The number of anilines is 1. The number of nitrogen functional groups attached to an aromatic ring is 1. The van der Waals surface area contributed by atoms with Crippen LogP contribution in [0, 0.1) is 0 Å². The molecule has 0 aromatic carbocycles. The highest BCUT2D eigenvalue weighted by molar-refractivity contribution is 7.61. The van der Waals surface area contributed by atoms with Crippen LogP contribution >= 0.6 is 15.6 Å². The monoisotopic (exact) mass is 757 g/mol. The summed E-state index contributed by atoms with van der Waals surface area (Å²) >= 11 is 0. The first-order chi connectivity index (χ1) is 23.3. The Hall–Kier alpha value is -3.67. The minimum atomic E-state index is -5.81. The van der Waals surface area contributed by atoms with Gasteiger partial charge in [-0.2, -0.15) is 4.31 Å². The number of hydrogen-bond acceptors (Lipinski definition) is 21. The lowest BCUT2D eigenvalue weighted by Gasteiger charge is -2.43. The molecule has 0 amide bonds. The number of nitrogens with two attached hydrogens (primary N) is 1. The summed E-state index contributed by atoms with van der Waals surface area (Å²) < 4.78 is 72.4. The van der Waals surface area contributed by atoms with Gasteiger partial charge in [0.25, 0.3) is 0 Å². The summed E-state index contributed by atoms with van der Waals surface area (Å²) in [6, 6.07) is 0. The second kappa shape index (κ2) is 15.7. The van der Waals surface area contributed by atoms with Crippen molar-refractivity contribution in [2.24, 2.45) is 0 Å². The zero-order chi connectivity index (χ0) is 37.1. The molecule has 0 radical (unpaired) electrons. The van der Waals surface area contributed by atoms with Gasteiger partial charge in [-0.3, -0.25) is 32.8 Å². The van der Waals surface area contributed by atoms with E-state index >= 15 is 0 Å². The molecule has 50 heavy (non-hydrogen) atoms. The van der Waals surface area contributed by atoms with Crippen molar-refractivity contribution >= 4 is 56.5 Å². The Morgan fingerprint density at radius 3 is 2.06 bits per heavy atom. The predicted octanol–water partition coefficient (Wildman–Crippen LogP) is -1.64. The molecule has 6 unspecified atom stereocenters. The van der Waals surface area contributed by atoms with Gasteiger partial charge in [0, 0.05) is 27.7 Å². The SMILES string of the molecule is CC(=O)OCC1O[C@@H](OP(=O)(O)OP(=O)(O)OC[C@H]2O[C@@H](n3cnc4c(N)ncnc43)C(O)C2O)C(OC(C)=O)[C@@H](OC(C)=O)[C@@H]1OC(C)=O. The number of aromatic nitrogens is 4. The van der Waals surface area contributed by atoms with Crippen LogP contribution in [0.3, 0.4) is 0 Å². The van der Waals surface area contributed by atoms with E-state index in [1.165, 1.54) is 10.9 Å². The van der Waals surface area contributed by atoms with Gasteiger partial charge >= 0.3 is 39.5 Å². The van der Waals surface area contributed by atoms with E-state index in [4.69, 9.17) is 43.2 Å². The lowest BCUT2D eigenvalue weighted by atomic mass is 9.98. The zero-order valence-corrected chi connectivity index (χ0v) is 28.2. The van der Waals surface area contributed by atoms with E-state index in [-0.39, 0.29) is 17.0 Å². The van der Waals surface area contributed by atoms with Crippen molar-refractivity contribution in [1.29, 1.82) is 0 Å². The number of carbonyl (C=O) groups excluding carboxylic acids is 4. The summed E-state index contributed by atoms with van der Waals surface area (Å²) in [4.78, 5) is 79.8. The number of phosphoric acid groups is 2. The molecule has 26 heteroatoms. The molecule has 2 saturated heterocycles. The minimum Gasteiger partial charge on any atom is -0.463 e. The van der Waals surface area contributed by atoms with E-state index < -0.39 is 108 Å². The van der Waals surface area contributed by atoms with Gasteiger partial charge in [0.05, 0.1) is 12.9 Å². The van der Waals surface area contributed by atoms with Gasteiger partial charge in [0.2, 0.25) is 6.29 Å². The van der Waals surface area contributed by atoms with Crippen LogP contribution in [-0.4, -0.2) is 126 Å². The number of aliphatic hydroxyl groups is 2. The van der Waals surface area contributed by atoms with Gasteiger partial charge in [-0.25, -0.2) is 24.1 Å². The molecule has 6 N–H and O–H groups in total. The van der Waals surface area contributed by atoms with Crippen LogP contribution < -0.4 is 5.73 Å². The number of imidazole rings is 1. The van der Waals surface area contributed by atoms with Crippen molar-refractivity contribution in [2.45, 2.75) is 82.9 Å². The lowest BCUT2D eigenvalue weighted by Crippen LogP contribution is -2.62. The Morgan fingerprint density at radius 2 is 1.44 bits per heavy atom. The second-order valence-corrected chi connectivity index (χ2v) is 13.6. The van der Waals surface area contributed by atoms with Crippen LogP contribution in [0.1, 0.15) is 33.9 Å². The Labute approximate surface area is 280 Å². The maximum atomic E-state index is 13.0. The fourth-order valence-electron chi connectivity index (χ4n) is 4.90. The minimum absolute atomic E-state index is 0.0134. The normalized spacial score (nSPS) is 30.5. The van der Waals surface area contributed by atoms with Gasteiger partial charge < -0.3 is 54.2 Å². The molecule has 278 valence electrons. The van der Waals surface area contributed by atoms with Crippen molar-refractivity contribution in [2.75, 3.05) is 18.9 Å². The summed E-state index contributed by atoms with van der Waals surface area (Å²) in [5.74, 6) is -3.88. The number of ether oxygens (including phenoxy) is 6. The number of aliphatic hydroxyl groups excluding tert-OH is 2. The molecule has 0 aliphatic carbocycles. The van der Waals surface area contributed by atoms with Gasteiger partial charge in [-0.15, -0.1) is 0 Å². The van der Waals surface area contributed by atoms with E-state index in [0.29, 0.717) is 0 Å². The zero-order valence-electron chi connectivity index (χ0n) is 26.4. The number of rotatable bonds is 13. The molecule has 2 aliphatic heterocycles. The van der Waals surface area contributed by atoms with Gasteiger partial charge in [0.1, 0.15) is 42.9 Å². The molecule has 0 spiro atoms. The average Bonchev–Trinajstić information content (AvgIpc) is 3.54. The molecule has 4 heterocycles. The van der Waals surface area contributed by atoms with Crippen molar-refractivity contribution < 1.29 is 90.1 Å². The molecule has 11 atom stereocenters. The highest BCUT2D eigenvalue weighted by Gasteiger charge is 2.55. The summed E-state index contributed by atoms with van der Waals surface area (Å²) in [5.41, 5.74) is 6.03. The number of carbonyl (C=O) groups is 4. The van der Waals surface area contributed by atoms with E-state index in [1.54, 1.807) is 0 Å². The fraction of sp³-hybridized carbons (Fsp3) is 0.625. The predicted molar refractivity (Wildman–Crippen MR) is 155 cm³/mol. The first-order valence-corrected chi connectivity index (χ1v) is 17.2. The number of phosphoric ester groups is 2. The Morgan fingerprint density at radius 1 is 0.820 bits per heavy atom. The molecule has 2 aromatic rings. The molecular weight excluding hydrogens is 724 g/mol. The lowest BCUT2D eigenvalue weighted by molar-refractivity contribution is -0.291. The van der Waals surface area contributed by atoms with Crippen LogP contribution in [0.2, 0.25) is 0 Å². The van der Waals surface area contributed by atoms with E-state index in [0.717, 1.165) is 34.0 Å². The van der Waals surface area contributed by atoms with Crippen LogP contribution in [0.25, 0.3) is 11.2 Å². The molecule has 0 saturated carbocycles. The number of esters is 4. The number of hydrogen-bond donors (Lipinski definition) is 5.